The predicted molar refractivity (Wildman–Crippen MR) is 85.2 cm³/mol. The molecule has 2 atom stereocenters. The fraction of sp³-hybridized carbons (Fsp3) is 0.176. The van der Waals surface area contributed by atoms with Crippen LogP contribution < -0.4 is 5.32 Å². The second-order valence-electron chi connectivity index (χ2n) is 5.80. The number of hydrogen-bond donors (Lipinski definition) is 2. The van der Waals surface area contributed by atoms with Gasteiger partial charge in [0.05, 0.1) is 11.0 Å². The average molecular weight is 358 g/mol. The first-order valence-corrected chi connectivity index (χ1v) is 7.76. The zero-order valence-corrected chi connectivity index (χ0v) is 13.1. The van der Waals surface area contributed by atoms with Gasteiger partial charge in [0.25, 0.3) is 0 Å². The van der Waals surface area contributed by atoms with Gasteiger partial charge in [0.2, 0.25) is 5.91 Å². The van der Waals surface area contributed by atoms with E-state index in [1.807, 2.05) is 24.3 Å². The van der Waals surface area contributed by atoms with Crippen molar-refractivity contribution in [2.75, 3.05) is 5.32 Å². The van der Waals surface area contributed by atoms with Crippen LogP contribution >= 0.6 is 15.9 Å². The third kappa shape index (κ3) is 1.75. The molecule has 0 unspecified atom stereocenters. The molecule has 0 aromatic heterocycles. The Morgan fingerprint density at radius 1 is 1.27 bits per heavy atom. The summed E-state index contributed by atoms with van der Waals surface area (Å²) >= 11 is 3.45. The number of carbonyl (C=O) groups excluding carboxylic acids is 1. The summed E-state index contributed by atoms with van der Waals surface area (Å²) in [7, 11) is 0. The van der Waals surface area contributed by atoms with Crippen molar-refractivity contribution in [1.29, 1.82) is 0 Å². The molecule has 2 N–H and O–H groups in total. The number of carboxylic acids is 1. The fourth-order valence-electron chi connectivity index (χ4n) is 3.45. The molecule has 2 aromatic rings. The Kier molecular flexibility index (Phi) is 2.72. The van der Waals surface area contributed by atoms with E-state index in [0.29, 0.717) is 6.42 Å². The fourth-order valence-corrected chi connectivity index (χ4v) is 3.87. The topological polar surface area (TPSA) is 66.4 Å². The van der Waals surface area contributed by atoms with Crippen LogP contribution in [0.15, 0.2) is 46.9 Å². The number of carbonyl (C=O) groups is 2. The summed E-state index contributed by atoms with van der Waals surface area (Å²) in [4.78, 5) is 23.7. The van der Waals surface area contributed by atoms with Crippen LogP contribution in [-0.2, 0) is 10.2 Å². The van der Waals surface area contributed by atoms with E-state index in [9.17, 15) is 14.7 Å². The number of benzene rings is 2. The van der Waals surface area contributed by atoms with E-state index in [4.69, 9.17) is 0 Å². The number of halogens is 1. The Hall–Kier alpha value is -2.14. The van der Waals surface area contributed by atoms with Gasteiger partial charge >= 0.3 is 5.97 Å². The van der Waals surface area contributed by atoms with E-state index in [1.165, 1.54) is 6.07 Å². The molecule has 1 saturated carbocycles. The molecular formula is C17H12BrNO3. The van der Waals surface area contributed by atoms with E-state index >= 15 is 0 Å². The predicted octanol–water partition coefficient (Wildman–Crippen LogP) is 3.52. The van der Waals surface area contributed by atoms with E-state index in [0.717, 1.165) is 21.3 Å². The molecular weight excluding hydrogens is 346 g/mol. The van der Waals surface area contributed by atoms with Crippen molar-refractivity contribution in [3.05, 3.63) is 63.6 Å². The van der Waals surface area contributed by atoms with Crippen LogP contribution in [0.3, 0.4) is 0 Å². The second-order valence-corrected chi connectivity index (χ2v) is 6.72. The first-order chi connectivity index (χ1) is 10.5. The molecule has 1 aliphatic carbocycles. The number of rotatable bonds is 2. The first-order valence-electron chi connectivity index (χ1n) is 6.97. The maximum atomic E-state index is 12.5. The molecule has 4 rings (SSSR count). The van der Waals surface area contributed by atoms with Crippen LogP contribution in [-0.4, -0.2) is 17.0 Å². The van der Waals surface area contributed by atoms with Crippen molar-refractivity contribution in [2.45, 2.75) is 17.8 Å². The van der Waals surface area contributed by atoms with Gasteiger partial charge in [0, 0.05) is 16.1 Å². The van der Waals surface area contributed by atoms with Crippen molar-refractivity contribution >= 4 is 33.5 Å². The molecule has 0 radical (unpaired) electrons. The summed E-state index contributed by atoms with van der Waals surface area (Å²) in [6.45, 7) is 0. The molecule has 0 bridgehead atoms. The van der Waals surface area contributed by atoms with Crippen molar-refractivity contribution in [3.63, 3.8) is 0 Å². The Morgan fingerprint density at radius 3 is 2.82 bits per heavy atom. The molecule has 1 heterocycles. The van der Waals surface area contributed by atoms with Crippen molar-refractivity contribution in [3.8, 4) is 0 Å². The zero-order chi connectivity index (χ0) is 15.5. The Bertz CT molecular complexity index is 832. The number of amides is 1. The van der Waals surface area contributed by atoms with E-state index in [1.54, 1.807) is 12.1 Å². The van der Waals surface area contributed by atoms with Crippen LogP contribution in [0.4, 0.5) is 5.69 Å². The largest absolute Gasteiger partial charge is 0.478 e. The summed E-state index contributed by atoms with van der Waals surface area (Å²) in [6.07, 6.45) is 0.714. The highest BCUT2D eigenvalue weighted by molar-refractivity contribution is 9.10. The highest BCUT2D eigenvalue weighted by Crippen LogP contribution is 2.65. The molecule has 1 aliphatic heterocycles. The third-order valence-electron chi connectivity index (χ3n) is 4.61. The number of nitrogens with one attached hydrogen (secondary N) is 1. The average Bonchev–Trinajstić information content (AvgIpc) is 3.17. The summed E-state index contributed by atoms with van der Waals surface area (Å²) in [6, 6.07) is 12.8. The van der Waals surface area contributed by atoms with Gasteiger partial charge in [-0.1, -0.05) is 28.1 Å². The quantitative estimate of drug-likeness (QED) is 0.863. The molecule has 110 valence electrons. The SMILES string of the molecule is O=C(O)c1ccc2c(c1)[C@]1(C[C@@H]1c1cccc(Br)c1)C(=O)N2. The van der Waals surface area contributed by atoms with E-state index in [2.05, 4.69) is 21.2 Å². The Labute approximate surface area is 135 Å². The minimum Gasteiger partial charge on any atom is -0.478 e. The summed E-state index contributed by atoms with van der Waals surface area (Å²) in [5.74, 6) is -0.915. The van der Waals surface area contributed by atoms with Gasteiger partial charge in [0.1, 0.15) is 0 Å². The maximum absolute atomic E-state index is 12.5. The number of fused-ring (bicyclic) bond motifs is 2. The van der Waals surface area contributed by atoms with Gasteiger partial charge in [0.15, 0.2) is 0 Å². The van der Waals surface area contributed by atoms with Crippen molar-refractivity contribution in [2.24, 2.45) is 0 Å². The molecule has 0 saturated heterocycles. The molecule has 1 fully saturated rings. The van der Waals surface area contributed by atoms with Crippen LogP contribution in [0.2, 0.25) is 0 Å². The maximum Gasteiger partial charge on any atom is 0.335 e. The number of aromatic carboxylic acids is 1. The standard InChI is InChI=1S/C17H12BrNO3/c18-11-3-1-2-9(6-11)13-8-17(13)12-7-10(15(20)21)4-5-14(12)19-16(17)22/h1-7,13H,8H2,(H,19,22)(H,20,21)/t13-,17+/m1/s1. The van der Waals surface area contributed by atoms with E-state index < -0.39 is 11.4 Å². The van der Waals surface area contributed by atoms with Gasteiger partial charge in [-0.05, 0) is 47.9 Å². The van der Waals surface area contributed by atoms with E-state index in [-0.39, 0.29) is 17.4 Å². The number of anilines is 1. The van der Waals surface area contributed by atoms with Gasteiger partial charge in [-0.25, -0.2) is 4.79 Å². The monoisotopic (exact) mass is 357 g/mol. The highest BCUT2D eigenvalue weighted by atomic mass is 79.9. The lowest BCUT2D eigenvalue weighted by Gasteiger charge is -2.09. The lowest BCUT2D eigenvalue weighted by molar-refractivity contribution is -0.118. The minimum atomic E-state index is -0.975. The van der Waals surface area contributed by atoms with Gasteiger partial charge in [-0.3, -0.25) is 4.79 Å². The lowest BCUT2D eigenvalue weighted by atomic mass is 9.91. The number of carboxylic acid groups (broad SMARTS) is 1. The normalized spacial score (nSPS) is 25.0. The molecule has 2 aromatic carbocycles. The second kappa shape index (κ2) is 4.43. The van der Waals surface area contributed by atoms with Gasteiger partial charge in [-0.15, -0.1) is 0 Å². The van der Waals surface area contributed by atoms with Crippen LogP contribution in [0.1, 0.15) is 33.8 Å². The summed E-state index contributed by atoms with van der Waals surface area (Å²) in [5.41, 5.74) is 2.24. The molecule has 1 spiro atoms. The molecule has 2 aliphatic rings. The smallest absolute Gasteiger partial charge is 0.335 e. The Morgan fingerprint density at radius 2 is 2.09 bits per heavy atom. The molecule has 22 heavy (non-hydrogen) atoms. The number of hydrogen-bond acceptors (Lipinski definition) is 2. The first kappa shape index (κ1) is 13.5. The lowest BCUT2D eigenvalue weighted by Crippen LogP contribution is -2.21. The molecule has 5 heteroatoms. The highest BCUT2D eigenvalue weighted by Gasteiger charge is 2.65. The summed E-state index contributed by atoms with van der Waals surface area (Å²) in [5, 5.41) is 12.1. The van der Waals surface area contributed by atoms with Crippen molar-refractivity contribution < 1.29 is 14.7 Å². The molecule has 1 amide bonds. The summed E-state index contributed by atoms with van der Waals surface area (Å²) < 4.78 is 0.977. The Balaban J connectivity index is 1.81. The van der Waals surface area contributed by atoms with Crippen LogP contribution in [0.25, 0.3) is 0 Å². The van der Waals surface area contributed by atoms with Gasteiger partial charge < -0.3 is 10.4 Å². The van der Waals surface area contributed by atoms with Gasteiger partial charge in [-0.2, -0.15) is 0 Å². The van der Waals surface area contributed by atoms with Crippen molar-refractivity contribution in [1.82, 2.24) is 0 Å². The third-order valence-corrected chi connectivity index (χ3v) is 5.11. The van der Waals surface area contributed by atoms with Crippen LogP contribution in [0, 0.1) is 0 Å². The molecule has 4 nitrogen and oxygen atoms in total. The van der Waals surface area contributed by atoms with Crippen LogP contribution in [0.5, 0.6) is 0 Å². The zero-order valence-electron chi connectivity index (χ0n) is 11.5. The minimum absolute atomic E-state index is 0.0324.